The van der Waals surface area contributed by atoms with Gasteiger partial charge in [-0.3, -0.25) is 9.59 Å². The molecule has 0 aliphatic carbocycles. The summed E-state index contributed by atoms with van der Waals surface area (Å²) in [4.78, 5) is 41.9. The molecule has 17 heavy (non-hydrogen) atoms. The Balaban J connectivity index is 3.41. The van der Waals surface area contributed by atoms with Crippen LogP contribution in [0.25, 0.3) is 0 Å². The molecular formula is C11H16O6. The molecule has 0 saturated carbocycles. The fraction of sp³-hybridized carbons (Fsp3) is 0.636. The molecule has 0 spiro atoms. The summed E-state index contributed by atoms with van der Waals surface area (Å²) < 4.78 is 9.39. The van der Waals surface area contributed by atoms with Crippen molar-refractivity contribution >= 4 is 24.5 Å². The molecule has 96 valence electrons. The Hall–Kier alpha value is -1.72. The van der Waals surface area contributed by atoms with Crippen molar-refractivity contribution in [2.24, 2.45) is 0 Å². The van der Waals surface area contributed by atoms with Crippen LogP contribution in [0, 0.1) is 0 Å². The Morgan fingerprint density at radius 1 is 0.824 bits per heavy atom. The fourth-order valence-corrected chi connectivity index (χ4v) is 0.963. The maximum Gasteiger partial charge on any atom is 0.305 e. The lowest BCUT2D eigenvalue weighted by atomic mass is 10.2. The normalized spacial score (nSPS) is 9.41. The van der Waals surface area contributed by atoms with Gasteiger partial charge in [0.1, 0.15) is 12.6 Å². The van der Waals surface area contributed by atoms with Crippen LogP contribution in [0.3, 0.4) is 0 Å². The minimum atomic E-state index is -0.437. The predicted molar refractivity (Wildman–Crippen MR) is 57.1 cm³/mol. The Bertz CT molecular complexity index is 235. The molecule has 0 aromatic carbocycles. The SMILES string of the molecule is O=CCCOC(=O)CCCC(=O)OCCC=O. The van der Waals surface area contributed by atoms with Crippen LogP contribution in [0.2, 0.25) is 0 Å². The van der Waals surface area contributed by atoms with Crippen molar-refractivity contribution in [3.8, 4) is 0 Å². The largest absolute Gasteiger partial charge is 0.465 e. The maximum atomic E-state index is 11.0. The van der Waals surface area contributed by atoms with Gasteiger partial charge in [0, 0.05) is 25.7 Å². The molecule has 0 atom stereocenters. The van der Waals surface area contributed by atoms with Crippen LogP contribution in [-0.2, 0) is 28.7 Å². The topological polar surface area (TPSA) is 86.7 Å². The second-order valence-corrected chi connectivity index (χ2v) is 3.21. The van der Waals surface area contributed by atoms with E-state index in [1.807, 2.05) is 0 Å². The van der Waals surface area contributed by atoms with E-state index in [1.165, 1.54) is 0 Å². The van der Waals surface area contributed by atoms with Gasteiger partial charge in [-0.25, -0.2) is 0 Å². The Kier molecular flexibility index (Phi) is 9.70. The summed E-state index contributed by atoms with van der Waals surface area (Å²) in [5, 5.41) is 0. The van der Waals surface area contributed by atoms with E-state index in [-0.39, 0.29) is 38.9 Å². The molecule has 0 radical (unpaired) electrons. The molecule has 0 N–H and O–H groups in total. The second kappa shape index (κ2) is 10.8. The zero-order valence-corrected chi connectivity index (χ0v) is 9.55. The van der Waals surface area contributed by atoms with Gasteiger partial charge in [-0.1, -0.05) is 0 Å². The lowest BCUT2D eigenvalue weighted by molar-refractivity contribution is -0.145. The highest BCUT2D eigenvalue weighted by Gasteiger charge is 2.06. The third kappa shape index (κ3) is 10.6. The summed E-state index contributed by atoms with van der Waals surface area (Å²) in [7, 11) is 0. The van der Waals surface area contributed by atoms with E-state index in [0.29, 0.717) is 19.0 Å². The van der Waals surface area contributed by atoms with Crippen LogP contribution in [0.4, 0.5) is 0 Å². The Morgan fingerprint density at radius 2 is 1.24 bits per heavy atom. The van der Waals surface area contributed by atoms with E-state index in [4.69, 9.17) is 9.47 Å². The number of carbonyl (C=O) groups is 4. The minimum Gasteiger partial charge on any atom is -0.465 e. The van der Waals surface area contributed by atoms with Gasteiger partial charge in [-0.2, -0.15) is 0 Å². The van der Waals surface area contributed by atoms with Crippen LogP contribution in [0.1, 0.15) is 32.1 Å². The summed E-state index contributed by atoms with van der Waals surface area (Å²) in [6.07, 6.45) is 2.25. The molecule has 6 nitrogen and oxygen atoms in total. The molecule has 0 aromatic heterocycles. The highest BCUT2D eigenvalue weighted by Crippen LogP contribution is 2.00. The highest BCUT2D eigenvalue weighted by atomic mass is 16.5. The van der Waals surface area contributed by atoms with Crippen molar-refractivity contribution in [3.63, 3.8) is 0 Å². The molecule has 0 amide bonds. The van der Waals surface area contributed by atoms with Gasteiger partial charge in [0.2, 0.25) is 0 Å². The average molecular weight is 244 g/mol. The average Bonchev–Trinajstić information content (AvgIpc) is 2.30. The van der Waals surface area contributed by atoms with Gasteiger partial charge in [0.05, 0.1) is 13.2 Å². The number of esters is 2. The molecule has 0 unspecified atom stereocenters. The molecule has 0 aliphatic rings. The Labute approximate surface area is 99.3 Å². The number of aldehydes is 2. The first kappa shape index (κ1) is 15.3. The van der Waals surface area contributed by atoms with E-state index in [2.05, 4.69) is 0 Å². The third-order valence-corrected chi connectivity index (χ3v) is 1.76. The van der Waals surface area contributed by atoms with Crippen molar-refractivity contribution in [1.29, 1.82) is 0 Å². The first-order valence-electron chi connectivity index (χ1n) is 5.39. The standard InChI is InChI=1S/C11H16O6/c12-6-2-8-16-10(14)4-1-5-11(15)17-9-3-7-13/h6-7H,1-5,8-9H2. The van der Waals surface area contributed by atoms with E-state index >= 15 is 0 Å². The van der Waals surface area contributed by atoms with Crippen LogP contribution in [-0.4, -0.2) is 37.7 Å². The molecule has 0 rings (SSSR count). The van der Waals surface area contributed by atoms with Crippen LogP contribution >= 0.6 is 0 Å². The number of carbonyl (C=O) groups excluding carboxylic acids is 4. The maximum absolute atomic E-state index is 11.0. The fourth-order valence-electron chi connectivity index (χ4n) is 0.963. The lowest BCUT2D eigenvalue weighted by Crippen LogP contribution is -2.09. The molecule has 0 fully saturated rings. The third-order valence-electron chi connectivity index (χ3n) is 1.76. The van der Waals surface area contributed by atoms with Gasteiger partial charge in [0.25, 0.3) is 0 Å². The number of ether oxygens (including phenoxy) is 2. The van der Waals surface area contributed by atoms with Crippen LogP contribution < -0.4 is 0 Å². The summed E-state index contributed by atoms with van der Waals surface area (Å²) >= 11 is 0. The van der Waals surface area contributed by atoms with Crippen molar-refractivity contribution in [1.82, 2.24) is 0 Å². The van der Waals surface area contributed by atoms with Crippen LogP contribution in [0.15, 0.2) is 0 Å². The number of hydrogen-bond acceptors (Lipinski definition) is 6. The van der Waals surface area contributed by atoms with Gasteiger partial charge < -0.3 is 19.1 Å². The molecule has 0 bridgehead atoms. The highest BCUT2D eigenvalue weighted by molar-refractivity contribution is 5.72. The molecule has 0 aliphatic heterocycles. The van der Waals surface area contributed by atoms with E-state index in [1.54, 1.807) is 0 Å². The quantitative estimate of drug-likeness (QED) is 0.314. The summed E-state index contributed by atoms with van der Waals surface area (Å²) in [5.74, 6) is -0.875. The van der Waals surface area contributed by atoms with E-state index in [0.717, 1.165) is 0 Å². The second-order valence-electron chi connectivity index (χ2n) is 3.21. The first-order chi connectivity index (χ1) is 8.20. The monoisotopic (exact) mass is 244 g/mol. The van der Waals surface area contributed by atoms with Crippen LogP contribution in [0.5, 0.6) is 0 Å². The molecule has 6 heteroatoms. The molecule has 0 saturated heterocycles. The molecule has 0 heterocycles. The zero-order chi connectivity index (χ0) is 12.9. The van der Waals surface area contributed by atoms with E-state index in [9.17, 15) is 19.2 Å². The van der Waals surface area contributed by atoms with Gasteiger partial charge in [-0.05, 0) is 6.42 Å². The molecule has 0 aromatic rings. The number of rotatable bonds is 10. The smallest absolute Gasteiger partial charge is 0.305 e. The molecular weight excluding hydrogens is 228 g/mol. The van der Waals surface area contributed by atoms with Crippen molar-refractivity contribution in [2.75, 3.05) is 13.2 Å². The predicted octanol–water partition coefficient (Wildman–Crippen LogP) is 0.421. The van der Waals surface area contributed by atoms with Gasteiger partial charge in [0.15, 0.2) is 0 Å². The van der Waals surface area contributed by atoms with Crippen molar-refractivity contribution < 1.29 is 28.7 Å². The van der Waals surface area contributed by atoms with Crippen molar-refractivity contribution in [2.45, 2.75) is 32.1 Å². The van der Waals surface area contributed by atoms with E-state index < -0.39 is 11.9 Å². The summed E-state index contributed by atoms with van der Waals surface area (Å²) in [6.45, 7) is 0.151. The lowest BCUT2D eigenvalue weighted by Gasteiger charge is -2.03. The zero-order valence-electron chi connectivity index (χ0n) is 9.55. The summed E-state index contributed by atoms with van der Waals surface area (Å²) in [6, 6.07) is 0. The van der Waals surface area contributed by atoms with Crippen molar-refractivity contribution in [3.05, 3.63) is 0 Å². The minimum absolute atomic E-state index is 0.0755. The van der Waals surface area contributed by atoms with Gasteiger partial charge in [-0.15, -0.1) is 0 Å². The van der Waals surface area contributed by atoms with Gasteiger partial charge >= 0.3 is 11.9 Å². The Morgan fingerprint density at radius 3 is 1.59 bits per heavy atom. The summed E-state index contributed by atoms with van der Waals surface area (Å²) in [5.41, 5.74) is 0. The number of hydrogen-bond donors (Lipinski definition) is 0. The first-order valence-corrected chi connectivity index (χ1v) is 5.39.